The van der Waals surface area contributed by atoms with E-state index in [2.05, 4.69) is 15.3 Å². The summed E-state index contributed by atoms with van der Waals surface area (Å²) in [6.45, 7) is 3.87. The molecule has 5 heteroatoms. The topological polar surface area (TPSA) is 54.9 Å². The van der Waals surface area contributed by atoms with Gasteiger partial charge in [0.05, 0.1) is 22.3 Å². The fraction of sp³-hybridized carbons (Fsp3) is 0.250. The number of thiazole rings is 1. The molecule has 1 atom stereocenters. The summed E-state index contributed by atoms with van der Waals surface area (Å²) in [7, 11) is 0. The minimum atomic E-state index is -0.128. The summed E-state index contributed by atoms with van der Waals surface area (Å²) >= 11 is 1.58. The minimum absolute atomic E-state index is 0.0901. The third kappa shape index (κ3) is 2.88. The maximum absolute atomic E-state index is 11.9. The van der Waals surface area contributed by atoms with Crippen LogP contribution in [0, 0.1) is 6.92 Å². The molecule has 0 fully saturated rings. The lowest BCUT2D eigenvalue weighted by atomic mass is 10.2. The maximum atomic E-state index is 11.9. The molecule has 0 spiro atoms. The molecule has 0 saturated carbocycles. The van der Waals surface area contributed by atoms with Crippen LogP contribution in [0.1, 0.15) is 34.0 Å². The summed E-state index contributed by atoms with van der Waals surface area (Å²) in [5.41, 5.74) is 1.45. The zero-order valence-electron chi connectivity index (χ0n) is 9.68. The van der Waals surface area contributed by atoms with Gasteiger partial charge in [-0.05, 0) is 26.0 Å². The molecule has 88 valence electrons. The Morgan fingerprint density at radius 2 is 2.35 bits per heavy atom. The van der Waals surface area contributed by atoms with Gasteiger partial charge in [-0.3, -0.25) is 9.78 Å². The molecule has 1 unspecified atom stereocenters. The Bertz CT molecular complexity index is 509. The molecule has 17 heavy (non-hydrogen) atoms. The average Bonchev–Trinajstić information content (AvgIpc) is 2.77. The standard InChI is InChI=1S/C12H13N3OS/c1-8(11-7-17-9(2)15-11)14-12(16)10-4-3-5-13-6-10/h3-8H,1-2H3,(H,14,16). The van der Waals surface area contributed by atoms with Gasteiger partial charge in [0.2, 0.25) is 0 Å². The van der Waals surface area contributed by atoms with E-state index in [1.807, 2.05) is 19.2 Å². The third-order valence-corrected chi connectivity index (χ3v) is 3.14. The zero-order valence-corrected chi connectivity index (χ0v) is 10.5. The summed E-state index contributed by atoms with van der Waals surface area (Å²) in [5, 5.41) is 5.86. The van der Waals surface area contributed by atoms with Gasteiger partial charge in [0, 0.05) is 17.8 Å². The van der Waals surface area contributed by atoms with Gasteiger partial charge in [-0.25, -0.2) is 4.98 Å². The van der Waals surface area contributed by atoms with Gasteiger partial charge in [0.15, 0.2) is 0 Å². The van der Waals surface area contributed by atoms with Gasteiger partial charge in [-0.15, -0.1) is 11.3 Å². The first-order chi connectivity index (χ1) is 8.16. The normalized spacial score (nSPS) is 12.1. The molecule has 0 bridgehead atoms. The number of pyridine rings is 1. The highest BCUT2D eigenvalue weighted by Crippen LogP contribution is 2.16. The van der Waals surface area contributed by atoms with E-state index in [1.165, 1.54) is 0 Å². The number of hydrogen-bond donors (Lipinski definition) is 1. The van der Waals surface area contributed by atoms with Crippen LogP contribution in [-0.2, 0) is 0 Å². The van der Waals surface area contributed by atoms with E-state index >= 15 is 0 Å². The Morgan fingerprint density at radius 3 is 2.94 bits per heavy atom. The summed E-state index contributed by atoms with van der Waals surface area (Å²) in [6, 6.07) is 3.39. The van der Waals surface area contributed by atoms with Gasteiger partial charge in [-0.1, -0.05) is 0 Å². The van der Waals surface area contributed by atoms with E-state index < -0.39 is 0 Å². The summed E-state index contributed by atoms with van der Waals surface area (Å²) < 4.78 is 0. The number of nitrogens with one attached hydrogen (secondary N) is 1. The number of amides is 1. The fourth-order valence-corrected chi connectivity index (χ4v) is 2.14. The molecule has 2 heterocycles. The first kappa shape index (κ1) is 11.7. The molecule has 2 aromatic rings. The van der Waals surface area contributed by atoms with Crippen molar-refractivity contribution >= 4 is 17.2 Å². The fourth-order valence-electron chi connectivity index (χ4n) is 1.43. The molecule has 0 aliphatic heterocycles. The maximum Gasteiger partial charge on any atom is 0.253 e. The largest absolute Gasteiger partial charge is 0.344 e. The van der Waals surface area contributed by atoms with Gasteiger partial charge in [0.1, 0.15) is 0 Å². The Balaban J connectivity index is 2.04. The summed E-state index contributed by atoms with van der Waals surface area (Å²) in [4.78, 5) is 20.1. The van der Waals surface area contributed by atoms with Crippen molar-refractivity contribution in [1.82, 2.24) is 15.3 Å². The molecule has 1 N–H and O–H groups in total. The summed E-state index contributed by atoms with van der Waals surface area (Å²) in [5.74, 6) is -0.128. The van der Waals surface area contributed by atoms with Crippen LogP contribution in [-0.4, -0.2) is 15.9 Å². The smallest absolute Gasteiger partial charge is 0.253 e. The first-order valence-electron chi connectivity index (χ1n) is 5.29. The van der Waals surface area contributed by atoms with Crippen molar-refractivity contribution < 1.29 is 4.79 Å². The van der Waals surface area contributed by atoms with Crippen LogP contribution in [0.4, 0.5) is 0 Å². The number of carbonyl (C=O) groups is 1. The van der Waals surface area contributed by atoms with E-state index in [9.17, 15) is 4.79 Å². The number of hydrogen-bond acceptors (Lipinski definition) is 4. The number of nitrogens with zero attached hydrogens (tertiary/aromatic N) is 2. The Labute approximate surface area is 104 Å². The number of rotatable bonds is 3. The molecule has 0 aromatic carbocycles. The minimum Gasteiger partial charge on any atom is -0.344 e. The van der Waals surface area contributed by atoms with E-state index in [1.54, 1.807) is 35.9 Å². The number of aromatic nitrogens is 2. The van der Waals surface area contributed by atoms with E-state index in [0.29, 0.717) is 5.56 Å². The first-order valence-corrected chi connectivity index (χ1v) is 6.17. The van der Waals surface area contributed by atoms with Gasteiger partial charge in [-0.2, -0.15) is 0 Å². The zero-order chi connectivity index (χ0) is 12.3. The highest BCUT2D eigenvalue weighted by Gasteiger charge is 2.13. The van der Waals surface area contributed by atoms with Crippen LogP contribution in [0.15, 0.2) is 29.9 Å². The van der Waals surface area contributed by atoms with E-state index in [-0.39, 0.29) is 11.9 Å². The second kappa shape index (κ2) is 5.05. The van der Waals surface area contributed by atoms with Crippen molar-refractivity contribution in [3.05, 3.63) is 46.2 Å². The molecule has 0 aliphatic carbocycles. The average molecular weight is 247 g/mol. The molecular formula is C12H13N3OS. The predicted molar refractivity (Wildman–Crippen MR) is 67.0 cm³/mol. The second-order valence-electron chi connectivity index (χ2n) is 3.73. The highest BCUT2D eigenvalue weighted by molar-refractivity contribution is 7.09. The van der Waals surface area contributed by atoms with Gasteiger partial charge >= 0.3 is 0 Å². The summed E-state index contributed by atoms with van der Waals surface area (Å²) in [6.07, 6.45) is 3.19. The molecule has 0 radical (unpaired) electrons. The molecular weight excluding hydrogens is 234 g/mol. The highest BCUT2D eigenvalue weighted by atomic mass is 32.1. The molecule has 2 rings (SSSR count). The Kier molecular flexibility index (Phi) is 3.49. The SMILES string of the molecule is Cc1nc(C(C)NC(=O)c2cccnc2)cs1. The van der Waals surface area contributed by atoms with Gasteiger partial charge in [0.25, 0.3) is 5.91 Å². The van der Waals surface area contributed by atoms with Crippen LogP contribution >= 0.6 is 11.3 Å². The molecule has 2 aromatic heterocycles. The van der Waals surface area contributed by atoms with Crippen molar-refractivity contribution in [2.24, 2.45) is 0 Å². The lowest BCUT2D eigenvalue weighted by Crippen LogP contribution is -2.26. The molecule has 0 saturated heterocycles. The van der Waals surface area contributed by atoms with Crippen molar-refractivity contribution in [2.45, 2.75) is 19.9 Å². The van der Waals surface area contributed by atoms with Crippen molar-refractivity contribution in [2.75, 3.05) is 0 Å². The molecule has 4 nitrogen and oxygen atoms in total. The van der Waals surface area contributed by atoms with Crippen LogP contribution in [0.2, 0.25) is 0 Å². The number of carbonyl (C=O) groups excluding carboxylic acids is 1. The lowest BCUT2D eigenvalue weighted by Gasteiger charge is -2.11. The van der Waals surface area contributed by atoms with E-state index in [4.69, 9.17) is 0 Å². The third-order valence-electron chi connectivity index (χ3n) is 2.35. The Hall–Kier alpha value is -1.75. The second-order valence-corrected chi connectivity index (χ2v) is 4.79. The van der Waals surface area contributed by atoms with Crippen LogP contribution in [0.25, 0.3) is 0 Å². The predicted octanol–water partition coefficient (Wildman–Crippen LogP) is 2.34. The molecule has 1 amide bonds. The van der Waals surface area contributed by atoms with E-state index in [0.717, 1.165) is 10.7 Å². The lowest BCUT2D eigenvalue weighted by molar-refractivity contribution is 0.0939. The number of aryl methyl sites for hydroxylation is 1. The Morgan fingerprint density at radius 1 is 1.53 bits per heavy atom. The van der Waals surface area contributed by atoms with Gasteiger partial charge < -0.3 is 5.32 Å². The quantitative estimate of drug-likeness (QED) is 0.905. The van der Waals surface area contributed by atoms with Crippen molar-refractivity contribution in [3.63, 3.8) is 0 Å². The van der Waals surface area contributed by atoms with Crippen LogP contribution in [0.3, 0.4) is 0 Å². The molecule has 0 aliphatic rings. The van der Waals surface area contributed by atoms with Crippen LogP contribution in [0.5, 0.6) is 0 Å². The monoisotopic (exact) mass is 247 g/mol. The van der Waals surface area contributed by atoms with Crippen LogP contribution < -0.4 is 5.32 Å². The van der Waals surface area contributed by atoms with Crippen molar-refractivity contribution in [1.29, 1.82) is 0 Å². The van der Waals surface area contributed by atoms with Crippen molar-refractivity contribution in [3.8, 4) is 0 Å².